The van der Waals surface area contributed by atoms with Crippen LogP contribution in [0.3, 0.4) is 0 Å². The number of carbonyl (C=O) groups excluding carboxylic acids is 1. The van der Waals surface area contributed by atoms with E-state index in [1.165, 1.54) is 47.8 Å². The fourth-order valence-electron chi connectivity index (χ4n) is 1.55. The Bertz CT molecular complexity index is 696. The highest BCUT2D eigenvalue weighted by Gasteiger charge is 2.30. The number of carbonyl (C=O) groups is 1. The van der Waals surface area contributed by atoms with Gasteiger partial charge in [0.2, 0.25) is 11.0 Å². The molecule has 0 fully saturated rings. The minimum absolute atomic E-state index is 0.319. The maximum Gasteiger partial charge on any atom is 0.573 e. The lowest BCUT2D eigenvalue weighted by Gasteiger charge is -2.08. The normalized spacial score (nSPS) is 11.7. The predicted octanol–water partition coefficient (Wildman–Crippen LogP) is 3.65. The predicted molar refractivity (Wildman–Crippen MR) is 80.1 cm³/mol. The molecule has 1 aromatic heterocycles. The smallest absolute Gasteiger partial charge is 0.406 e. The summed E-state index contributed by atoms with van der Waals surface area (Å²) in [6.45, 7) is 1.93. The molecule has 5 nitrogen and oxygen atoms in total. The van der Waals surface area contributed by atoms with E-state index in [4.69, 9.17) is 0 Å². The van der Waals surface area contributed by atoms with Crippen molar-refractivity contribution < 1.29 is 22.7 Å². The van der Waals surface area contributed by atoms with Gasteiger partial charge in [0, 0.05) is 6.08 Å². The van der Waals surface area contributed by atoms with Crippen molar-refractivity contribution in [3.63, 3.8) is 0 Å². The van der Waals surface area contributed by atoms with Gasteiger partial charge in [0.25, 0.3) is 0 Å². The number of alkyl halides is 3. The van der Waals surface area contributed by atoms with Crippen LogP contribution in [0.25, 0.3) is 6.08 Å². The lowest BCUT2D eigenvalue weighted by Crippen LogP contribution is -2.16. The molecule has 1 amide bonds. The summed E-state index contributed by atoms with van der Waals surface area (Å²) in [5, 5.41) is 11.4. The second-order valence-electron chi connectivity index (χ2n) is 4.29. The summed E-state index contributed by atoms with van der Waals surface area (Å²) in [5.74, 6) is -0.723. The first-order chi connectivity index (χ1) is 10.9. The molecule has 1 N–H and O–H groups in total. The SMILES string of the molecule is CCc1nnc(NC(=O)/C=C/c2ccc(OC(F)(F)F)cc2)s1. The van der Waals surface area contributed by atoms with E-state index in [0.29, 0.717) is 10.7 Å². The Labute approximate surface area is 133 Å². The van der Waals surface area contributed by atoms with E-state index >= 15 is 0 Å². The quantitative estimate of drug-likeness (QED) is 0.842. The molecule has 0 unspecified atom stereocenters. The van der Waals surface area contributed by atoms with Crippen molar-refractivity contribution in [1.82, 2.24) is 10.2 Å². The van der Waals surface area contributed by atoms with Crippen LogP contribution in [0.1, 0.15) is 17.5 Å². The van der Waals surface area contributed by atoms with Crippen LogP contribution in [-0.4, -0.2) is 22.5 Å². The third-order valence-corrected chi connectivity index (χ3v) is 3.52. The highest BCUT2D eigenvalue weighted by atomic mass is 32.1. The first-order valence-electron chi connectivity index (χ1n) is 6.53. The van der Waals surface area contributed by atoms with Gasteiger partial charge in [0.1, 0.15) is 10.8 Å². The number of rotatable bonds is 5. The van der Waals surface area contributed by atoms with Gasteiger partial charge in [-0.1, -0.05) is 30.4 Å². The molecule has 2 aromatic rings. The molecule has 0 bridgehead atoms. The zero-order chi connectivity index (χ0) is 16.9. The Kier molecular flexibility index (Phi) is 5.32. The number of ether oxygens (including phenoxy) is 1. The molecule has 1 aromatic carbocycles. The molecule has 2 rings (SSSR count). The average Bonchev–Trinajstić information content (AvgIpc) is 2.92. The summed E-state index contributed by atoms with van der Waals surface area (Å²) >= 11 is 1.28. The molecule has 0 aliphatic rings. The Morgan fingerprint density at radius 1 is 1.30 bits per heavy atom. The Morgan fingerprint density at radius 2 is 2.00 bits per heavy atom. The van der Waals surface area contributed by atoms with Gasteiger partial charge >= 0.3 is 6.36 Å². The maximum atomic E-state index is 12.0. The van der Waals surface area contributed by atoms with E-state index in [0.717, 1.165) is 11.4 Å². The standard InChI is InChI=1S/C14H12F3N3O2S/c1-2-12-19-20-13(23-12)18-11(21)8-5-9-3-6-10(7-4-9)22-14(15,16)17/h3-8H,2H2,1H3,(H,18,20,21)/b8-5+. The molecule has 122 valence electrons. The summed E-state index contributed by atoms with van der Waals surface area (Å²) in [6, 6.07) is 5.16. The molecular formula is C14H12F3N3O2S. The number of aromatic nitrogens is 2. The van der Waals surface area contributed by atoms with Gasteiger partial charge in [-0.15, -0.1) is 23.4 Å². The second kappa shape index (κ2) is 7.23. The van der Waals surface area contributed by atoms with Crippen molar-refractivity contribution in [2.75, 3.05) is 5.32 Å². The minimum Gasteiger partial charge on any atom is -0.406 e. The van der Waals surface area contributed by atoms with Gasteiger partial charge in [-0.25, -0.2) is 0 Å². The van der Waals surface area contributed by atoms with Gasteiger partial charge in [0.15, 0.2) is 0 Å². The molecule has 0 atom stereocenters. The Morgan fingerprint density at radius 3 is 2.57 bits per heavy atom. The van der Waals surface area contributed by atoms with Crippen molar-refractivity contribution in [2.24, 2.45) is 0 Å². The third-order valence-electron chi connectivity index (χ3n) is 2.54. The molecule has 0 saturated carbocycles. The zero-order valence-electron chi connectivity index (χ0n) is 11.9. The first kappa shape index (κ1) is 16.9. The summed E-state index contributed by atoms with van der Waals surface area (Å²) in [7, 11) is 0. The molecule has 0 aliphatic heterocycles. The van der Waals surface area contributed by atoms with Crippen LogP contribution >= 0.6 is 11.3 Å². The van der Waals surface area contributed by atoms with Crippen molar-refractivity contribution in [2.45, 2.75) is 19.7 Å². The Hall–Kier alpha value is -2.42. The number of nitrogens with one attached hydrogen (secondary N) is 1. The van der Waals surface area contributed by atoms with Crippen molar-refractivity contribution >= 4 is 28.5 Å². The summed E-state index contributed by atoms with van der Waals surface area (Å²) in [5.41, 5.74) is 0.557. The van der Waals surface area contributed by atoms with Crippen LogP contribution in [0.5, 0.6) is 5.75 Å². The van der Waals surface area contributed by atoms with E-state index in [1.807, 2.05) is 6.92 Å². The molecule has 9 heteroatoms. The summed E-state index contributed by atoms with van der Waals surface area (Å²) < 4.78 is 39.8. The van der Waals surface area contributed by atoms with Crippen LogP contribution in [0.4, 0.5) is 18.3 Å². The summed E-state index contributed by atoms with van der Waals surface area (Å²) in [6.07, 6.45) is -1.27. The molecule has 0 saturated heterocycles. The van der Waals surface area contributed by atoms with E-state index in [9.17, 15) is 18.0 Å². The molecule has 0 spiro atoms. The van der Waals surface area contributed by atoms with Crippen molar-refractivity contribution in [1.29, 1.82) is 0 Å². The summed E-state index contributed by atoms with van der Waals surface area (Å²) in [4.78, 5) is 11.7. The van der Waals surface area contributed by atoms with Crippen LogP contribution < -0.4 is 10.1 Å². The minimum atomic E-state index is -4.73. The van der Waals surface area contributed by atoms with E-state index < -0.39 is 12.3 Å². The fraction of sp³-hybridized carbons (Fsp3) is 0.214. The monoisotopic (exact) mass is 343 g/mol. The zero-order valence-corrected chi connectivity index (χ0v) is 12.7. The largest absolute Gasteiger partial charge is 0.573 e. The van der Waals surface area contributed by atoms with E-state index in [-0.39, 0.29) is 5.75 Å². The van der Waals surface area contributed by atoms with Crippen LogP contribution in [0.15, 0.2) is 30.3 Å². The van der Waals surface area contributed by atoms with Crippen molar-refractivity contribution in [3.8, 4) is 5.75 Å². The van der Waals surface area contributed by atoms with Gasteiger partial charge in [-0.05, 0) is 30.2 Å². The number of anilines is 1. The number of nitrogens with zero attached hydrogens (tertiary/aromatic N) is 2. The molecular weight excluding hydrogens is 331 g/mol. The number of amides is 1. The topological polar surface area (TPSA) is 64.1 Å². The molecule has 23 heavy (non-hydrogen) atoms. The lowest BCUT2D eigenvalue weighted by atomic mass is 10.2. The third kappa shape index (κ3) is 5.70. The van der Waals surface area contributed by atoms with Crippen molar-refractivity contribution in [3.05, 3.63) is 40.9 Å². The number of halogens is 3. The van der Waals surface area contributed by atoms with E-state index in [1.54, 1.807) is 0 Å². The Balaban J connectivity index is 1.92. The second-order valence-corrected chi connectivity index (χ2v) is 5.36. The van der Waals surface area contributed by atoms with E-state index in [2.05, 4.69) is 20.3 Å². The molecule has 0 aliphatic carbocycles. The van der Waals surface area contributed by atoms with Crippen LogP contribution in [-0.2, 0) is 11.2 Å². The fourth-order valence-corrected chi connectivity index (χ4v) is 2.23. The number of hydrogen-bond donors (Lipinski definition) is 1. The highest BCUT2D eigenvalue weighted by molar-refractivity contribution is 7.15. The maximum absolute atomic E-state index is 12.0. The van der Waals surface area contributed by atoms with Crippen LogP contribution in [0, 0.1) is 0 Å². The van der Waals surface area contributed by atoms with Gasteiger partial charge in [0.05, 0.1) is 0 Å². The van der Waals surface area contributed by atoms with Crippen LogP contribution in [0.2, 0.25) is 0 Å². The van der Waals surface area contributed by atoms with Gasteiger partial charge < -0.3 is 4.74 Å². The highest BCUT2D eigenvalue weighted by Crippen LogP contribution is 2.23. The molecule has 1 heterocycles. The van der Waals surface area contributed by atoms with Gasteiger partial charge in [-0.2, -0.15) is 0 Å². The number of aryl methyl sites for hydroxylation is 1. The average molecular weight is 343 g/mol. The van der Waals surface area contributed by atoms with Gasteiger partial charge in [-0.3, -0.25) is 10.1 Å². The number of benzene rings is 1. The number of hydrogen-bond acceptors (Lipinski definition) is 5. The molecule has 0 radical (unpaired) electrons. The first-order valence-corrected chi connectivity index (χ1v) is 7.34. The lowest BCUT2D eigenvalue weighted by molar-refractivity contribution is -0.274.